The Morgan fingerprint density at radius 2 is 1.94 bits per heavy atom. The Hall–Kier alpha value is -1.19. The molecule has 18 heavy (non-hydrogen) atoms. The second-order valence-corrected chi connectivity index (χ2v) is 5.44. The van der Waals surface area contributed by atoms with E-state index in [2.05, 4.69) is 29.8 Å². The van der Waals surface area contributed by atoms with Crippen LogP contribution in [-0.4, -0.2) is 55.4 Å². The van der Waals surface area contributed by atoms with Crippen molar-refractivity contribution in [1.82, 2.24) is 9.80 Å². The molecule has 1 saturated heterocycles. The van der Waals surface area contributed by atoms with E-state index in [1.807, 2.05) is 26.1 Å². The summed E-state index contributed by atoms with van der Waals surface area (Å²) in [5.41, 5.74) is 3.16. The Morgan fingerprint density at radius 1 is 1.22 bits per heavy atom. The number of nitrogens with zero attached hydrogens (tertiary/aromatic N) is 2. The molecule has 0 spiro atoms. The fraction of sp³-hybridized carbons (Fsp3) is 0.533. The maximum Gasteiger partial charge on any atom is 0.181 e. The highest BCUT2D eigenvalue weighted by molar-refractivity contribution is 6.01. The smallest absolute Gasteiger partial charge is 0.181 e. The molecule has 1 unspecified atom stereocenters. The Bertz CT molecular complexity index is 456. The summed E-state index contributed by atoms with van der Waals surface area (Å²) < 4.78 is 0. The third kappa shape index (κ3) is 2.62. The zero-order valence-corrected chi connectivity index (χ0v) is 11.7. The number of hydrogen-bond donors (Lipinski definition) is 0. The first-order valence-electron chi connectivity index (χ1n) is 6.49. The highest BCUT2D eigenvalue weighted by atomic mass is 16.1. The summed E-state index contributed by atoms with van der Waals surface area (Å²) >= 11 is 0. The lowest BCUT2D eigenvalue weighted by Crippen LogP contribution is -2.53. The van der Waals surface area contributed by atoms with Crippen LogP contribution in [0.15, 0.2) is 18.2 Å². The molecule has 0 amide bonds. The van der Waals surface area contributed by atoms with Crippen molar-refractivity contribution in [1.29, 1.82) is 0 Å². The second kappa shape index (κ2) is 5.21. The molecule has 3 heteroatoms. The summed E-state index contributed by atoms with van der Waals surface area (Å²) in [5, 5.41) is 0. The van der Waals surface area contributed by atoms with Crippen LogP contribution >= 0.6 is 0 Å². The highest BCUT2D eigenvalue weighted by Gasteiger charge is 2.29. The third-order valence-corrected chi connectivity index (χ3v) is 3.80. The van der Waals surface area contributed by atoms with Gasteiger partial charge in [-0.3, -0.25) is 9.69 Å². The highest BCUT2D eigenvalue weighted by Crippen LogP contribution is 2.17. The van der Waals surface area contributed by atoms with Gasteiger partial charge in [-0.25, -0.2) is 0 Å². The van der Waals surface area contributed by atoms with Gasteiger partial charge in [-0.2, -0.15) is 0 Å². The average molecular weight is 246 g/mol. The number of carbonyl (C=O) groups excluding carboxylic acids is 1. The lowest BCUT2D eigenvalue weighted by atomic mass is 9.96. The van der Waals surface area contributed by atoms with E-state index >= 15 is 0 Å². The summed E-state index contributed by atoms with van der Waals surface area (Å²) in [5.74, 6) is 0.251. The molecule has 3 nitrogen and oxygen atoms in total. The van der Waals surface area contributed by atoms with Gasteiger partial charge in [0.1, 0.15) is 0 Å². The first kappa shape index (κ1) is 13.2. The molecule has 0 aromatic heterocycles. The van der Waals surface area contributed by atoms with Gasteiger partial charge in [0, 0.05) is 25.2 Å². The molecule has 1 heterocycles. The fourth-order valence-corrected chi connectivity index (χ4v) is 2.56. The number of ketones is 1. The summed E-state index contributed by atoms with van der Waals surface area (Å²) in [6.07, 6.45) is 0. The first-order chi connectivity index (χ1) is 8.49. The van der Waals surface area contributed by atoms with Gasteiger partial charge in [0.25, 0.3) is 0 Å². The van der Waals surface area contributed by atoms with Crippen molar-refractivity contribution in [3.63, 3.8) is 0 Å². The summed E-state index contributed by atoms with van der Waals surface area (Å²) in [6.45, 7) is 6.89. The van der Waals surface area contributed by atoms with E-state index in [0.717, 1.165) is 30.8 Å². The lowest BCUT2D eigenvalue weighted by molar-refractivity contribution is 0.0685. The fourth-order valence-electron chi connectivity index (χ4n) is 2.56. The van der Waals surface area contributed by atoms with Gasteiger partial charge in [-0.15, -0.1) is 0 Å². The van der Waals surface area contributed by atoms with Crippen LogP contribution in [0.1, 0.15) is 21.5 Å². The van der Waals surface area contributed by atoms with Crippen molar-refractivity contribution in [3.8, 4) is 0 Å². The minimum atomic E-state index is -0.00911. The first-order valence-corrected chi connectivity index (χ1v) is 6.49. The zero-order valence-electron chi connectivity index (χ0n) is 11.7. The number of rotatable bonds is 2. The van der Waals surface area contributed by atoms with Gasteiger partial charge >= 0.3 is 0 Å². The Kier molecular flexibility index (Phi) is 3.83. The van der Waals surface area contributed by atoms with Crippen molar-refractivity contribution in [2.24, 2.45) is 0 Å². The number of carbonyl (C=O) groups is 1. The van der Waals surface area contributed by atoms with E-state index in [1.165, 1.54) is 5.56 Å². The molecule has 2 rings (SSSR count). The zero-order chi connectivity index (χ0) is 13.3. The van der Waals surface area contributed by atoms with Crippen LogP contribution < -0.4 is 0 Å². The molecule has 0 radical (unpaired) electrons. The molecule has 1 aromatic carbocycles. The number of aryl methyl sites for hydroxylation is 2. The number of benzene rings is 1. The summed E-state index contributed by atoms with van der Waals surface area (Å²) in [7, 11) is 4.12. The number of likely N-dealkylation sites (N-methyl/N-ethyl adjacent to an activating group) is 2. The van der Waals surface area contributed by atoms with E-state index in [0.29, 0.717) is 0 Å². The van der Waals surface area contributed by atoms with Crippen LogP contribution in [0.5, 0.6) is 0 Å². The third-order valence-electron chi connectivity index (χ3n) is 3.80. The molecule has 0 aliphatic carbocycles. The molecule has 1 aromatic rings. The van der Waals surface area contributed by atoms with Crippen LogP contribution in [0, 0.1) is 13.8 Å². The number of Topliss-reactive ketones (excluding diaryl/α,β-unsaturated/α-hetero) is 1. The predicted molar refractivity (Wildman–Crippen MR) is 74.2 cm³/mol. The van der Waals surface area contributed by atoms with Crippen LogP contribution in [0.2, 0.25) is 0 Å². The molecule has 1 fully saturated rings. The minimum absolute atomic E-state index is 0.00911. The quantitative estimate of drug-likeness (QED) is 0.743. The van der Waals surface area contributed by atoms with Gasteiger partial charge in [0.05, 0.1) is 6.04 Å². The molecule has 1 atom stereocenters. The van der Waals surface area contributed by atoms with E-state index in [1.54, 1.807) is 0 Å². The maximum absolute atomic E-state index is 12.6. The SMILES string of the molecule is Cc1ccc(C(=O)C2CN(C)CCN2C)c(C)c1. The van der Waals surface area contributed by atoms with E-state index in [-0.39, 0.29) is 11.8 Å². The number of piperazine rings is 1. The molecular formula is C15H22N2O. The van der Waals surface area contributed by atoms with Crippen molar-refractivity contribution in [2.45, 2.75) is 19.9 Å². The maximum atomic E-state index is 12.6. The van der Waals surface area contributed by atoms with Crippen LogP contribution in [-0.2, 0) is 0 Å². The van der Waals surface area contributed by atoms with Crippen LogP contribution in [0.25, 0.3) is 0 Å². The molecule has 1 aliphatic heterocycles. The standard InChI is InChI=1S/C15H22N2O/c1-11-5-6-13(12(2)9-11)15(18)14-10-16(3)7-8-17(14)4/h5-6,9,14H,7-8,10H2,1-4H3. The normalized spacial score (nSPS) is 22.1. The minimum Gasteiger partial charge on any atom is -0.303 e. The van der Waals surface area contributed by atoms with Crippen molar-refractivity contribution in [2.75, 3.05) is 33.7 Å². The lowest BCUT2D eigenvalue weighted by Gasteiger charge is -2.36. The van der Waals surface area contributed by atoms with E-state index in [4.69, 9.17) is 0 Å². The molecular weight excluding hydrogens is 224 g/mol. The van der Waals surface area contributed by atoms with Gasteiger partial charge < -0.3 is 4.90 Å². The largest absolute Gasteiger partial charge is 0.303 e. The van der Waals surface area contributed by atoms with Gasteiger partial charge in [0.2, 0.25) is 0 Å². The summed E-state index contributed by atoms with van der Waals surface area (Å²) in [4.78, 5) is 17.0. The predicted octanol–water partition coefficient (Wildman–Crippen LogP) is 1.73. The Morgan fingerprint density at radius 3 is 2.61 bits per heavy atom. The van der Waals surface area contributed by atoms with Crippen molar-refractivity contribution in [3.05, 3.63) is 34.9 Å². The van der Waals surface area contributed by atoms with E-state index < -0.39 is 0 Å². The number of hydrogen-bond acceptors (Lipinski definition) is 3. The van der Waals surface area contributed by atoms with Gasteiger partial charge in [0.15, 0.2) is 5.78 Å². The molecule has 0 saturated carbocycles. The van der Waals surface area contributed by atoms with Crippen molar-refractivity contribution >= 4 is 5.78 Å². The monoisotopic (exact) mass is 246 g/mol. The van der Waals surface area contributed by atoms with Crippen LogP contribution in [0.3, 0.4) is 0 Å². The summed E-state index contributed by atoms with van der Waals surface area (Å²) in [6, 6.07) is 6.06. The molecule has 1 aliphatic rings. The van der Waals surface area contributed by atoms with Crippen LogP contribution in [0.4, 0.5) is 0 Å². The molecule has 98 valence electrons. The molecule has 0 bridgehead atoms. The molecule has 0 N–H and O–H groups in total. The Balaban J connectivity index is 2.24. The topological polar surface area (TPSA) is 23.6 Å². The van der Waals surface area contributed by atoms with Gasteiger partial charge in [-0.1, -0.05) is 23.8 Å². The Labute approximate surface area is 109 Å². The van der Waals surface area contributed by atoms with E-state index in [9.17, 15) is 4.79 Å². The van der Waals surface area contributed by atoms with Crippen molar-refractivity contribution < 1.29 is 4.79 Å². The second-order valence-electron chi connectivity index (χ2n) is 5.44. The average Bonchev–Trinajstić information content (AvgIpc) is 2.31. The van der Waals surface area contributed by atoms with Gasteiger partial charge in [-0.05, 0) is 33.5 Å².